The van der Waals surface area contributed by atoms with Crippen LogP contribution in [0.3, 0.4) is 0 Å². The van der Waals surface area contributed by atoms with Crippen molar-refractivity contribution in [3.05, 3.63) is 35.9 Å². The van der Waals surface area contributed by atoms with E-state index in [1.54, 1.807) is 0 Å². The third-order valence-electron chi connectivity index (χ3n) is 2.93. The van der Waals surface area contributed by atoms with Gasteiger partial charge in [0.05, 0.1) is 11.6 Å². The number of hydrogen-bond acceptors (Lipinski definition) is 2. The van der Waals surface area contributed by atoms with E-state index in [1.165, 1.54) is 5.56 Å². The Kier molecular flexibility index (Phi) is 4.67. The second-order valence-corrected chi connectivity index (χ2v) is 5.87. The third-order valence-corrected chi connectivity index (χ3v) is 2.93. The molecule has 0 aliphatic rings. The molecule has 2 nitrogen and oxygen atoms in total. The smallest absolute Gasteiger partial charge is 0.0622 e. The number of nitriles is 1. The van der Waals surface area contributed by atoms with Crippen molar-refractivity contribution in [1.82, 2.24) is 0 Å². The summed E-state index contributed by atoms with van der Waals surface area (Å²) in [6.45, 7) is 8.40. The first-order chi connectivity index (χ1) is 8.37. The van der Waals surface area contributed by atoms with Gasteiger partial charge in [-0.05, 0) is 32.8 Å². The second kappa shape index (κ2) is 5.82. The molecule has 1 aromatic rings. The Labute approximate surface area is 110 Å². The fourth-order valence-corrected chi connectivity index (χ4v) is 1.75. The molecule has 96 valence electrons. The van der Waals surface area contributed by atoms with Crippen molar-refractivity contribution in [2.24, 2.45) is 4.99 Å². The van der Waals surface area contributed by atoms with E-state index >= 15 is 0 Å². The van der Waals surface area contributed by atoms with Gasteiger partial charge in [-0.25, -0.2) is 0 Å². The third kappa shape index (κ3) is 4.33. The Hall–Kier alpha value is -1.62. The van der Waals surface area contributed by atoms with E-state index < -0.39 is 0 Å². The van der Waals surface area contributed by atoms with Gasteiger partial charge in [0, 0.05) is 18.1 Å². The van der Waals surface area contributed by atoms with Gasteiger partial charge in [0.1, 0.15) is 0 Å². The van der Waals surface area contributed by atoms with Gasteiger partial charge < -0.3 is 0 Å². The molecule has 18 heavy (non-hydrogen) atoms. The SMILES string of the molecule is CC(C)(C)N=CC(C)(CCC#N)c1ccccc1. The zero-order valence-electron chi connectivity index (χ0n) is 11.8. The molecule has 1 aromatic carbocycles. The second-order valence-electron chi connectivity index (χ2n) is 5.87. The van der Waals surface area contributed by atoms with Crippen LogP contribution in [-0.2, 0) is 5.41 Å². The maximum Gasteiger partial charge on any atom is 0.0622 e. The highest BCUT2D eigenvalue weighted by Crippen LogP contribution is 2.27. The lowest BCUT2D eigenvalue weighted by atomic mass is 9.79. The van der Waals surface area contributed by atoms with Gasteiger partial charge in [0.15, 0.2) is 0 Å². The van der Waals surface area contributed by atoms with Crippen molar-refractivity contribution in [1.29, 1.82) is 5.26 Å². The molecular weight excluding hydrogens is 220 g/mol. The monoisotopic (exact) mass is 242 g/mol. The van der Waals surface area contributed by atoms with Crippen molar-refractivity contribution >= 4 is 6.21 Å². The van der Waals surface area contributed by atoms with Gasteiger partial charge in [0.2, 0.25) is 0 Å². The summed E-state index contributed by atoms with van der Waals surface area (Å²) in [5, 5.41) is 8.81. The van der Waals surface area contributed by atoms with Crippen LogP contribution in [0.2, 0.25) is 0 Å². The first-order valence-electron chi connectivity index (χ1n) is 6.36. The molecular formula is C16H22N2. The van der Waals surface area contributed by atoms with Crippen LogP contribution in [0.4, 0.5) is 0 Å². The highest BCUT2D eigenvalue weighted by atomic mass is 14.8. The first kappa shape index (κ1) is 14.4. The number of aliphatic imine (C=N–C) groups is 1. The molecule has 1 rings (SSSR count). The molecule has 0 N–H and O–H groups in total. The van der Waals surface area contributed by atoms with Crippen LogP contribution in [0.1, 0.15) is 46.1 Å². The minimum Gasteiger partial charge on any atom is -0.291 e. The summed E-state index contributed by atoms with van der Waals surface area (Å²) in [6, 6.07) is 12.5. The molecule has 1 unspecified atom stereocenters. The Morgan fingerprint density at radius 2 is 1.78 bits per heavy atom. The largest absolute Gasteiger partial charge is 0.291 e. The van der Waals surface area contributed by atoms with E-state index in [-0.39, 0.29) is 11.0 Å². The Morgan fingerprint density at radius 3 is 2.28 bits per heavy atom. The molecule has 0 saturated carbocycles. The molecule has 0 aliphatic carbocycles. The first-order valence-corrected chi connectivity index (χ1v) is 6.36. The fraction of sp³-hybridized carbons (Fsp3) is 0.500. The molecule has 0 saturated heterocycles. The standard InChI is InChI=1S/C16H22N2/c1-15(2,3)18-13-16(4,11-8-12-17)14-9-6-5-7-10-14/h5-7,9-10,13H,8,11H2,1-4H3. The molecule has 0 aliphatic heterocycles. The summed E-state index contributed by atoms with van der Waals surface area (Å²) in [4.78, 5) is 4.62. The van der Waals surface area contributed by atoms with E-state index in [9.17, 15) is 0 Å². The van der Waals surface area contributed by atoms with Crippen LogP contribution in [-0.4, -0.2) is 11.8 Å². The summed E-state index contributed by atoms with van der Waals surface area (Å²) in [5.74, 6) is 0. The van der Waals surface area contributed by atoms with Crippen molar-refractivity contribution in [3.63, 3.8) is 0 Å². The Morgan fingerprint density at radius 1 is 1.17 bits per heavy atom. The molecule has 0 aromatic heterocycles. The maximum atomic E-state index is 8.81. The Balaban J connectivity index is 3.04. The van der Waals surface area contributed by atoms with Crippen LogP contribution in [0.5, 0.6) is 0 Å². The van der Waals surface area contributed by atoms with E-state index in [0.717, 1.165) is 6.42 Å². The van der Waals surface area contributed by atoms with Gasteiger partial charge >= 0.3 is 0 Å². The van der Waals surface area contributed by atoms with Gasteiger partial charge in [-0.2, -0.15) is 5.26 Å². The summed E-state index contributed by atoms with van der Waals surface area (Å²) in [6.07, 6.45) is 3.36. The summed E-state index contributed by atoms with van der Waals surface area (Å²) < 4.78 is 0. The van der Waals surface area contributed by atoms with E-state index in [0.29, 0.717) is 6.42 Å². The van der Waals surface area contributed by atoms with Crippen molar-refractivity contribution in [2.45, 2.75) is 51.5 Å². The molecule has 1 atom stereocenters. The summed E-state index contributed by atoms with van der Waals surface area (Å²) >= 11 is 0. The van der Waals surface area contributed by atoms with E-state index in [4.69, 9.17) is 5.26 Å². The lowest BCUT2D eigenvalue weighted by molar-refractivity contribution is 0.554. The minimum atomic E-state index is -0.162. The van der Waals surface area contributed by atoms with Crippen molar-refractivity contribution in [3.8, 4) is 6.07 Å². The van der Waals surface area contributed by atoms with Crippen molar-refractivity contribution < 1.29 is 0 Å². The quantitative estimate of drug-likeness (QED) is 0.732. The highest BCUT2D eigenvalue weighted by Gasteiger charge is 2.24. The van der Waals surface area contributed by atoms with Crippen LogP contribution in [0, 0.1) is 11.3 Å². The number of nitrogens with zero attached hydrogens (tertiary/aromatic N) is 2. The zero-order chi connectivity index (χ0) is 13.6. The van der Waals surface area contributed by atoms with Crippen LogP contribution < -0.4 is 0 Å². The molecule has 0 fully saturated rings. The molecule has 0 heterocycles. The average molecular weight is 242 g/mol. The average Bonchev–Trinajstić information content (AvgIpc) is 2.34. The van der Waals surface area contributed by atoms with Crippen LogP contribution >= 0.6 is 0 Å². The lowest BCUT2D eigenvalue weighted by Crippen LogP contribution is -2.26. The zero-order valence-corrected chi connectivity index (χ0v) is 11.8. The summed E-state index contributed by atoms with van der Waals surface area (Å²) in [7, 11) is 0. The minimum absolute atomic E-state index is 0.0807. The van der Waals surface area contributed by atoms with Crippen LogP contribution in [0.25, 0.3) is 0 Å². The van der Waals surface area contributed by atoms with Gasteiger partial charge in [-0.3, -0.25) is 4.99 Å². The topological polar surface area (TPSA) is 36.1 Å². The summed E-state index contributed by atoms with van der Waals surface area (Å²) in [5.41, 5.74) is 0.973. The Bertz CT molecular complexity index is 434. The molecule has 0 bridgehead atoms. The van der Waals surface area contributed by atoms with E-state index in [1.807, 2.05) is 24.4 Å². The van der Waals surface area contributed by atoms with Crippen LogP contribution in [0.15, 0.2) is 35.3 Å². The van der Waals surface area contributed by atoms with Gasteiger partial charge in [-0.1, -0.05) is 37.3 Å². The van der Waals surface area contributed by atoms with Gasteiger partial charge in [0.25, 0.3) is 0 Å². The number of benzene rings is 1. The predicted molar refractivity (Wildman–Crippen MR) is 76.9 cm³/mol. The number of hydrogen-bond donors (Lipinski definition) is 0. The normalized spacial score (nSPS) is 15.3. The van der Waals surface area contributed by atoms with E-state index in [2.05, 4.69) is 50.9 Å². The molecule has 0 spiro atoms. The predicted octanol–water partition coefficient (Wildman–Crippen LogP) is 4.12. The highest BCUT2D eigenvalue weighted by molar-refractivity contribution is 5.73. The molecule has 0 radical (unpaired) electrons. The van der Waals surface area contributed by atoms with Crippen molar-refractivity contribution in [2.75, 3.05) is 0 Å². The van der Waals surface area contributed by atoms with Gasteiger partial charge in [-0.15, -0.1) is 0 Å². The fourth-order valence-electron chi connectivity index (χ4n) is 1.75. The number of rotatable bonds is 4. The molecule has 2 heteroatoms. The molecule has 0 amide bonds. The maximum absolute atomic E-state index is 8.81. The lowest BCUT2D eigenvalue weighted by Gasteiger charge is -2.26.